The average molecular weight is 267 g/mol. The van der Waals surface area contributed by atoms with Gasteiger partial charge in [0.05, 0.1) is 6.10 Å². The highest BCUT2D eigenvalue weighted by Crippen LogP contribution is 2.35. The molecule has 1 heterocycles. The Morgan fingerprint density at radius 2 is 2.15 bits per heavy atom. The molecule has 0 saturated carbocycles. The van der Waals surface area contributed by atoms with E-state index in [0.29, 0.717) is 6.42 Å². The molecule has 0 fully saturated rings. The van der Waals surface area contributed by atoms with Gasteiger partial charge in [-0.15, -0.1) is 0 Å². The first kappa shape index (κ1) is 13.3. The third-order valence-electron chi connectivity index (χ3n) is 4.40. The molecule has 1 aromatic heterocycles. The van der Waals surface area contributed by atoms with Gasteiger partial charge in [0, 0.05) is 17.8 Å². The van der Waals surface area contributed by atoms with E-state index in [2.05, 4.69) is 43.1 Å². The second kappa shape index (κ2) is 5.37. The number of hydrogen-bond donors (Lipinski definition) is 1. The van der Waals surface area contributed by atoms with E-state index in [0.717, 1.165) is 18.5 Å². The number of aromatic nitrogens is 1. The Morgan fingerprint density at radius 1 is 1.30 bits per heavy atom. The van der Waals surface area contributed by atoms with Gasteiger partial charge in [0.2, 0.25) is 0 Å². The largest absolute Gasteiger partial charge is 0.392 e. The molecule has 0 saturated heterocycles. The van der Waals surface area contributed by atoms with Crippen LogP contribution in [0.2, 0.25) is 0 Å². The molecule has 0 amide bonds. The van der Waals surface area contributed by atoms with Gasteiger partial charge in [0.15, 0.2) is 0 Å². The summed E-state index contributed by atoms with van der Waals surface area (Å²) in [5.41, 5.74) is 6.17. The van der Waals surface area contributed by atoms with Crippen LogP contribution in [0.4, 0.5) is 0 Å². The van der Waals surface area contributed by atoms with E-state index < -0.39 is 0 Å². The summed E-state index contributed by atoms with van der Waals surface area (Å²) in [6.45, 7) is 4.21. The van der Waals surface area contributed by atoms with Crippen molar-refractivity contribution >= 4 is 0 Å². The first-order chi connectivity index (χ1) is 9.65. The summed E-state index contributed by atoms with van der Waals surface area (Å²) < 4.78 is 0. The van der Waals surface area contributed by atoms with Crippen molar-refractivity contribution in [2.75, 3.05) is 0 Å². The normalized spacial score (nSPS) is 18.9. The number of pyridine rings is 1. The summed E-state index contributed by atoms with van der Waals surface area (Å²) in [6, 6.07) is 10.6. The smallest absolute Gasteiger partial charge is 0.0664 e. The van der Waals surface area contributed by atoms with Crippen LogP contribution in [0.5, 0.6) is 0 Å². The molecule has 0 spiro atoms. The number of aryl methyl sites for hydroxylation is 3. The quantitative estimate of drug-likeness (QED) is 0.925. The van der Waals surface area contributed by atoms with E-state index in [1.807, 2.05) is 12.3 Å². The highest BCUT2D eigenvalue weighted by atomic mass is 16.3. The number of nitrogens with zero attached hydrogens (tertiary/aromatic N) is 1. The van der Waals surface area contributed by atoms with Crippen molar-refractivity contribution in [3.8, 4) is 0 Å². The number of benzene rings is 1. The van der Waals surface area contributed by atoms with Gasteiger partial charge in [0.1, 0.15) is 0 Å². The van der Waals surface area contributed by atoms with E-state index in [1.54, 1.807) is 0 Å². The SMILES string of the molecule is Cc1ccc(C)c(CC(O)C2CCc3cccnc32)c1. The zero-order valence-electron chi connectivity index (χ0n) is 12.1. The first-order valence-corrected chi connectivity index (χ1v) is 7.33. The third kappa shape index (κ3) is 2.48. The average Bonchev–Trinajstić information content (AvgIpc) is 2.87. The van der Waals surface area contributed by atoms with Crippen LogP contribution in [0.3, 0.4) is 0 Å². The van der Waals surface area contributed by atoms with Crippen LogP contribution in [0, 0.1) is 13.8 Å². The van der Waals surface area contributed by atoms with E-state index in [9.17, 15) is 5.11 Å². The fourth-order valence-corrected chi connectivity index (χ4v) is 3.21. The van der Waals surface area contributed by atoms with Crippen LogP contribution in [0.15, 0.2) is 36.5 Å². The zero-order valence-corrected chi connectivity index (χ0v) is 12.1. The molecular weight excluding hydrogens is 246 g/mol. The summed E-state index contributed by atoms with van der Waals surface area (Å²) in [5.74, 6) is 0.186. The number of aliphatic hydroxyl groups is 1. The van der Waals surface area contributed by atoms with Gasteiger partial charge < -0.3 is 5.11 Å². The van der Waals surface area contributed by atoms with Gasteiger partial charge in [-0.05, 0) is 55.9 Å². The Balaban J connectivity index is 1.81. The Kier molecular flexibility index (Phi) is 3.58. The summed E-state index contributed by atoms with van der Waals surface area (Å²) in [6.07, 6.45) is 4.26. The fraction of sp³-hybridized carbons (Fsp3) is 0.389. The molecule has 1 N–H and O–H groups in total. The molecule has 2 unspecified atom stereocenters. The number of rotatable bonds is 3. The van der Waals surface area contributed by atoms with Crippen LogP contribution >= 0.6 is 0 Å². The molecule has 0 bridgehead atoms. The van der Waals surface area contributed by atoms with Crippen molar-refractivity contribution in [3.05, 3.63) is 64.5 Å². The minimum Gasteiger partial charge on any atom is -0.392 e. The van der Waals surface area contributed by atoms with Crippen LogP contribution in [0.1, 0.15) is 40.3 Å². The maximum absolute atomic E-state index is 10.6. The van der Waals surface area contributed by atoms with Crippen molar-refractivity contribution in [1.82, 2.24) is 4.98 Å². The van der Waals surface area contributed by atoms with Gasteiger partial charge >= 0.3 is 0 Å². The molecular formula is C18H21NO. The van der Waals surface area contributed by atoms with Crippen LogP contribution in [-0.2, 0) is 12.8 Å². The van der Waals surface area contributed by atoms with Crippen molar-refractivity contribution in [2.45, 2.75) is 45.1 Å². The lowest BCUT2D eigenvalue weighted by molar-refractivity contribution is 0.141. The maximum atomic E-state index is 10.6. The van der Waals surface area contributed by atoms with Crippen molar-refractivity contribution in [2.24, 2.45) is 0 Å². The lowest BCUT2D eigenvalue weighted by Crippen LogP contribution is -2.20. The lowest BCUT2D eigenvalue weighted by atomic mass is 9.91. The van der Waals surface area contributed by atoms with Gasteiger partial charge in [-0.1, -0.05) is 29.8 Å². The topological polar surface area (TPSA) is 33.1 Å². The number of fused-ring (bicyclic) bond motifs is 1. The van der Waals surface area contributed by atoms with E-state index >= 15 is 0 Å². The molecule has 2 nitrogen and oxygen atoms in total. The van der Waals surface area contributed by atoms with Crippen LogP contribution < -0.4 is 0 Å². The van der Waals surface area contributed by atoms with Gasteiger partial charge in [-0.3, -0.25) is 4.98 Å². The van der Waals surface area contributed by atoms with Gasteiger partial charge in [0.25, 0.3) is 0 Å². The molecule has 1 aliphatic rings. The molecule has 1 aliphatic carbocycles. The Labute approximate surface area is 120 Å². The molecule has 104 valence electrons. The van der Waals surface area contributed by atoms with E-state index in [1.165, 1.54) is 22.3 Å². The lowest BCUT2D eigenvalue weighted by Gasteiger charge is -2.19. The predicted molar refractivity (Wildman–Crippen MR) is 80.9 cm³/mol. The van der Waals surface area contributed by atoms with Crippen LogP contribution in [-0.4, -0.2) is 16.2 Å². The second-order valence-electron chi connectivity index (χ2n) is 5.89. The molecule has 1 aromatic carbocycles. The molecule has 2 aromatic rings. The molecule has 2 heteroatoms. The molecule has 20 heavy (non-hydrogen) atoms. The van der Waals surface area contributed by atoms with Crippen LogP contribution in [0.25, 0.3) is 0 Å². The van der Waals surface area contributed by atoms with Crippen molar-refractivity contribution < 1.29 is 5.11 Å². The highest BCUT2D eigenvalue weighted by molar-refractivity contribution is 5.33. The van der Waals surface area contributed by atoms with Crippen molar-refractivity contribution in [1.29, 1.82) is 0 Å². The number of hydrogen-bond acceptors (Lipinski definition) is 2. The van der Waals surface area contributed by atoms with Gasteiger partial charge in [-0.2, -0.15) is 0 Å². The van der Waals surface area contributed by atoms with E-state index in [4.69, 9.17) is 0 Å². The molecule has 0 radical (unpaired) electrons. The standard InChI is InChI=1S/C18H21NO/c1-12-5-6-13(2)15(10-12)11-17(20)16-8-7-14-4-3-9-19-18(14)16/h3-6,9-10,16-17,20H,7-8,11H2,1-2H3. The highest BCUT2D eigenvalue weighted by Gasteiger charge is 2.29. The molecule has 2 atom stereocenters. The Bertz CT molecular complexity index is 621. The summed E-state index contributed by atoms with van der Waals surface area (Å²) >= 11 is 0. The Hall–Kier alpha value is -1.67. The third-order valence-corrected chi connectivity index (χ3v) is 4.40. The monoisotopic (exact) mass is 267 g/mol. The van der Waals surface area contributed by atoms with Gasteiger partial charge in [-0.25, -0.2) is 0 Å². The zero-order chi connectivity index (χ0) is 14.1. The minimum absolute atomic E-state index is 0.186. The molecule has 3 rings (SSSR count). The Morgan fingerprint density at radius 3 is 3.00 bits per heavy atom. The predicted octanol–water partition coefficient (Wildman–Crippen LogP) is 3.33. The van der Waals surface area contributed by atoms with Crippen molar-refractivity contribution in [3.63, 3.8) is 0 Å². The fourth-order valence-electron chi connectivity index (χ4n) is 3.21. The summed E-state index contributed by atoms with van der Waals surface area (Å²) in [5, 5.41) is 10.6. The minimum atomic E-state index is -0.341. The first-order valence-electron chi connectivity index (χ1n) is 7.33. The summed E-state index contributed by atoms with van der Waals surface area (Å²) in [4.78, 5) is 4.48. The van der Waals surface area contributed by atoms with E-state index in [-0.39, 0.29) is 12.0 Å². The summed E-state index contributed by atoms with van der Waals surface area (Å²) in [7, 11) is 0. The molecule has 0 aliphatic heterocycles. The maximum Gasteiger partial charge on any atom is 0.0664 e. The number of aliphatic hydroxyl groups excluding tert-OH is 1. The second-order valence-corrected chi connectivity index (χ2v) is 5.89.